The number of aliphatic hydroxyl groups is 1. The number of amides is 1. The van der Waals surface area contributed by atoms with Crippen LogP contribution in [0.2, 0.25) is 0 Å². The number of alkyl halides is 2. The highest BCUT2D eigenvalue weighted by molar-refractivity contribution is 5.98. The van der Waals surface area contributed by atoms with Gasteiger partial charge in [0, 0.05) is 38.6 Å². The summed E-state index contributed by atoms with van der Waals surface area (Å²) >= 11 is 0. The van der Waals surface area contributed by atoms with Crippen molar-refractivity contribution in [1.82, 2.24) is 4.90 Å². The Morgan fingerprint density at radius 2 is 2.03 bits per heavy atom. The number of carbonyl (C=O) groups is 1. The number of nitrogens with zero attached hydrogens (tertiary/aromatic N) is 2. The smallest absolute Gasteiger partial charge is 0.266 e. The third-order valence-corrected chi connectivity index (χ3v) is 5.73. The number of ether oxygens (including phenoxy) is 1. The van der Waals surface area contributed by atoms with Crippen LogP contribution in [0.5, 0.6) is 5.75 Å². The summed E-state index contributed by atoms with van der Waals surface area (Å²) in [4.78, 5) is 17.7. The van der Waals surface area contributed by atoms with Crippen LogP contribution in [-0.2, 0) is 4.79 Å². The molecule has 172 valence electrons. The summed E-state index contributed by atoms with van der Waals surface area (Å²) in [5.74, 6) is -1.46. The third kappa shape index (κ3) is 6.86. The van der Waals surface area contributed by atoms with Crippen LogP contribution in [0, 0.1) is 5.92 Å². The van der Waals surface area contributed by atoms with Crippen molar-refractivity contribution in [2.75, 3.05) is 20.7 Å². The van der Waals surface area contributed by atoms with Crippen LogP contribution in [0.1, 0.15) is 58.1 Å². The van der Waals surface area contributed by atoms with Gasteiger partial charge in [0.2, 0.25) is 5.91 Å². The Kier molecular flexibility index (Phi) is 8.74. The van der Waals surface area contributed by atoms with Crippen LogP contribution in [0.3, 0.4) is 0 Å². The third-order valence-electron chi connectivity index (χ3n) is 5.73. The molecule has 1 amide bonds. The van der Waals surface area contributed by atoms with Crippen molar-refractivity contribution in [2.45, 2.75) is 64.5 Å². The second kappa shape index (κ2) is 10.8. The van der Waals surface area contributed by atoms with E-state index in [0.29, 0.717) is 25.3 Å². The predicted molar refractivity (Wildman–Crippen MR) is 119 cm³/mol. The summed E-state index contributed by atoms with van der Waals surface area (Å²) < 4.78 is 30.7. The molecule has 2 atom stereocenters. The lowest BCUT2D eigenvalue weighted by atomic mass is 10.0. The molecule has 31 heavy (non-hydrogen) atoms. The number of hydrogen-bond acceptors (Lipinski definition) is 4. The lowest BCUT2D eigenvalue weighted by molar-refractivity contribution is -0.132. The normalized spacial score (nSPS) is 22.1. The first-order valence-electron chi connectivity index (χ1n) is 10.8. The SMILES string of the molecule is CCC(=O)N1CC[C@@H](O)C1c1cccc(OC)c1.CN=C(/C=C(\C)C(C)(F)F)C1CC1. The van der Waals surface area contributed by atoms with Gasteiger partial charge in [0.25, 0.3) is 5.92 Å². The number of hydrogen-bond donors (Lipinski definition) is 1. The average Bonchev–Trinajstić information content (AvgIpc) is 3.52. The molecule has 0 aromatic heterocycles. The van der Waals surface area contributed by atoms with Crippen molar-refractivity contribution in [3.63, 3.8) is 0 Å². The first-order valence-corrected chi connectivity index (χ1v) is 10.8. The Bertz CT molecular complexity index is 813. The highest BCUT2D eigenvalue weighted by Crippen LogP contribution is 2.34. The molecule has 5 nitrogen and oxygen atoms in total. The molecule has 1 aromatic rings. The highest BCUT2D eigenvalue weighted by atomic mass is 19.3. The number of halogens is 2. The summed E-state index contributed by atoms with van der Waals surface area (Å²) in [7, 11) is 3.27. The molecular weight excluding hydrogens is 402 g/mol. The number of likely N-dealkylation sites (tertiary alicyclic amines) is 1. The first-order chi connectivity index (χ1) is 14.6. The van der Waals surface area contributed by atoms with E-state index in [1.54, 1.807) is 19.1 Å². The highest BCUT2D eigenvalue weighted by Gasteiger charge is 2.36. The zero-order valence-electron chi connectivity index (χ0n) is 19.1. The van der Waals surface area contributed by atoms with E-state index in [1.165, 1.54) is 13.0 Å². The maximum Gasteiger partial charge on any atom is 0.266 e. The van der Waals surface area contributed by atoms with Crippen molar-refractivity contribution >= 4 is 11.6 Å². The molecule has 2 fully saturated rings. The van der Waals surface area contributed by atoms with E-state index in [4.69, 9.17) is 4.74 Å². The van der Waals surface area contributed by atoms with Crippen molar-refractivity contribution in [3.05, 3.63) is 41.5 Å². The van der Waals surface area contributed by atoms with Gasteiger partial charge >= 0.3 is 0 Å². The van der Waals surface area contributed by atoms with Gasteiger partial charge in [-0.2, -0.15) is 0 Å². The van der Waals surface area contributed by atoms with E-state index in [0.717, 1.165) is 36.8 Å². The quantitative estimate of drug-likeness (QED) is 0.651. The Morgan fingerprint density at radius 1 is 1.35 bits per heavy atom. The molecular formula is C24H34F2N2O3. The molecule has 1 aromatic carbocycles. The number of carbonyl (C=O) groups excluding carboxylic acids is 1. The van der Waals surface area contributed by atoms with Gasteiger partial charge in [0.15, 0.2) is 0 Å². The van der Waals surface area contributed by atoms with E-state index in [2.05, 4.69) is 4.99 Å². The molecule has 1 aliphatic heterocycles. The molecule has 1 saturated heterocycles. The number of aliphatic imine (C=N–C) groups is 1. The minimum absolute atomic E-state index is 0.0827. The van der Waals surface area contributed by atoms with Gasteiger partial charge in [-0.1, -0.05) is 19.1 Å². The fraction of sp³-hybridized carbons (Fsp3) is 0.583. The maximum absolute atomic E-state index is 12.8. The average molecular weight is 437 g/mol. The minimum atomic E-state index is -2.72. The van der Waals surface area contributed by atoms with E-state index in [1.807, 2.05) is 31.2 Å². The van der Waals surface area contributed by atoms with Gasteiger partial charge in [-0.15, -0.1) is 0 Å². The summed E-state index contributed by atoms with van der Waals surface area (Å²) in [6.07, 6.45) is 4.31. The maximum atomic E-state index is 12.8. The Morgan fingerprint density at radius 3 is 2.55 bits per heavy atom. The molecule has 0 spiro atoms. The second-order valence-corrected chi connectivity index (χ2v) is 8.16. The standard InChI is InChI=1S/C14H19NO3.C10H15F2N/c1-3-13(17)15-8-7-12(16)14(15)10-5-4-6-11(9-10)18-2;1-7(10(2,11)12)6-9(13-3)8-4-5-8/h4-6,9,12,14,16H,3,7-8H2,1-2H3;6,8H,4-5H2,1-3H3/b;7-6+,13-9?/t12-,14?;/m1./s1. The monoisotopic (exact) mass is 436 g/mol. The van der Waals surface area contributed by atoms with Crippen LogP contribution >= 0.6 is 0 Å². The summed E-state index contributed by atoms with van der Waals surface area (Å²) in [6.45, 7) is 4.83. The second-order valence-electron chi connectivity index (χ2n) is 8.16. The number of methoxy groups -OCH3 is 1. The van der Waals surface area contributed by atoms with Gasteiger partial charge in [-0.25, -0.2) is 8.78 Å². The fourth-order valence-electron chi connectivity index (χ4n) is 3.58. The van der Waals surface area contributed by atoms with Gasteiger partial charge in [0.05, 0.1) is 19.3 Å². The Balaban J connectivity index is 0.000000233. The van der Waals surface area contributed by atoms with Crippen LogP contribution in [0.4, 0.5) is 8.78 Å². The minimum Gasteiger partial charge on any atom is -0.497 e. The van der Waals surface area contributed by atoms with Crippen molar-refractivity contribution in [3.8, 4) is 5.75 Å². The van der Waals surface area contributed by atoms with Gasteiger partial charge in [0.1, 0.15) is 5.75 Å². The number of benzene rings is 1. The van der Waals surface area contributed by atoms with Crippen LogP contribution in [0.25, 0.3) is 0 Å². The van der Waals surface area contributed by atoms with Crippen molar-refractivity contribution in [1.29, 1.82) is 0 Å². The molecule has 1 unspecified atom stereocenters. The van der Waals surface area contributed by atoms with Gasteiger partial charge in [-0.3, -0.25) is 9.79 Å². The first kappa shape index (κ1) is 25.0. The number of rotatable bonds is 6. The lowest BCUT2D eigenvalue weighted by Crippen LogP contribution is -2.32. The summed E-state index contributed by atoms with van der Waals surface area (Å²) in [6, 6.07) is 7.31. The molecule has 2 aliphatic rings. The fourth-order valence-corrected chi connectivity index (χ4v) is 3.58. The zero-order valence-corrected chi connectivity index (χ0v) is 19.1. The van der Waals surface area contributed by atoms with Crippen molar-refractivity contribution in [2.24, 2.45) is 10.9 Å². The van der Waals surface area contributed by atoms with Crippen LogP contribution in [-0.4, -0.2) is 54.4 Å². The summed E-state index contributed by atoms with van der Waals surface area (Å²) in [5, 5.41) is 10.1. The molecule has 0 bridgehead atoms. The zero-order chi connectivity index (χ0) is 23.2. The molecule has 1 aliphatic carbocycles. The van der Waals surface area contributed by atoms with E-state index in [-0.39, 0.29) is 17.5 Å². The lowest BCUT2D eigenvalue weighted by Gasteiger charge is -2.26. The topological polar surface area (TPSA) is 62.1 Å². The predicted octanol–water partition coefficient (Wildman–Crippen LogP) is 4.81. The Hall–Kier alpha value is -2.28. The van der Waals surface area contributed by atoms with Crippen LogP contribution < -0.4 is 4.74 Å². The largest absolute Gasteiger partial charge is 0.497 e. The molecule has 0 radical (unpaired) electrons. The van der Waals surface area contributed by atoms with E-state index in [9.17, 15) is 18.7 Å². The van der Waals surface area contributed by atoms with Crippen LogP contribution in [0.15, 0.2) is 40.9 Å². The van der Waals surface area contributed by atoms with Gasteiger partial charge in [-0.05, 0) is 55.5 Å². The van der Waals surface area contributed by atoms with E-state index < -0.39 is 12.0 Å². The van der Waals surface area contributed by atoms with E-state index >= 15 is 0 Å². The Labute approximate surface area is 183 Å². The number of aliphatic hydroxyl groups excluding tert-OH is 1. The summed E-state index contributed by atoms with van der Waals surface area (Å²) in [5.41, 5.74) is 1.85. The molecule has 1 saturated carbocycles. The molecule has 7 heteroatoms. The molecule has 1 heterocycles. The number of allylic oxidation sites excluding steroid dienone is 2. The van der Waals surface area contributed by atoms with Crippen molar-refractivity contribution < 1.29 is 23.4 Å². The molecule has 1 N–H and O–H groups in total. The van der Waals surface area contributed by atoms with Gasteiger partial charge < -0.3 is 14.7 Å². The molecule has 3 rings (SSSR count).